The van der Waals surface area contributed by atoms with Gasteiger partial charge < -0.3 is 30.1 Å². The highest BCUT2D eigenvalue weighted by Gasteiger charge is 2.27. The van der Waals surface area contributed by atoms with Crippen LogP contribution >= 0.6 is 15.9 Å². The van der Waals surface area contributed by atoms with E-state index in [-0.39, 0.29) is 11.8 Å². The van der Waals surface area contributed by atoms with Crippen LogP contribution in [-0.2, 0) is 13.1 Å². The van der Waals surface area contributed by atoms with E-state index in [0.29, 0.717) is 41.1 Å². The van der Waals surface area contributed by atoms with Gasteiger partial charge in [0.1, 0.15) is 0 Å². The molecule has 0 atom stereocenters. The second-order valence-electron chi connectivity index (χ2n) is 11.1. The number of hydrogen-bond donors (Lipinski definition) is 2. The average Bonchev–Trinajstić information content (AvgIpc) is 3.77. The van der Waals surface area contributed by atoms with E-state index in [2.05, 4.69) is 64.5 Å². The van der Waals surface area contributed by atoms with E-state index in [1.54, 1.807) is 24.3 Å². The largest absolute Gasteiger partial charge is 0.459 e. The number of carbonyl (C=O) groups excluding carboxylic acids is 2. The normalized spacial score (nSPS) is 16.1. The number of nitrogens with two attached hydrogens (primary N) is 2. The molecular formula is C34H39BrN4O4. The van der Waals surface area contributed by atoms with Crippen molar-refractivity contribution in [1.82, 2.24) is 9.80 Å². The first-order valence-electron chi connectivity index (χ1n) is 14.9. The SMILES string of the molecule is NCc1cccc(C2CCN(C(=O)c3ccc(Br)o3)CC2)c1.NCc1cccc(C2CCN(C(=O)c3ccco3)CC2)c1. The third kappa shape index (κ3) is 7.84. The smallest absolute Gasteiger partial charge is 0.289 e. The monoisotopic (exact) mass is 646 g/mol. The third-order valence-electron chi connectivity index (χ3n) is 8.40. The molecule has 2 aromatic carbocycles. The number of piperidine rings is 2. The fraction of sp³-hybridized carbons (Fsp3) is 0.353. The van der Waals surface area contributed by atoms with Crippen LogP contribution in [0.3, 0.4) is 0 Å². The van der Waals surface area contributed by atoms with Crippen molar-refractivity contribution in [2.75, 3.05) is 26.2 Å². The third-order valence-corrected chi connectivity index (χ3v) is 8.82. The van der Waals surface area contributed by atoms with E-state index < -0.39 is 0 Å². The summed E-state index contributed by atoms with van der Waals surface area (Å²) in [6, 6.07) is 23.9. The van der Waals surface area contributed by atoms with Crippen molar-refractivity contribution in [1.29, 1.82) is 0 Å². The number of rotatable bonds is 6. The molecule has 0 unspecified atom stereocenters. The summed E-state index contributed by atoms with van der Waals surface area (Å²) in [6.45, 7) is 4.21. The van der Waals surface area contributed by atoms with Gasteiger partial charge >= 0.3 is 0 Å². The number of furan rings is 2. The maximum Gasteiger partial charge on any atom is 0.289 e. The molecule has 2 aliphatic heterocycles. The summed E-state index contributed by atoms with van der Waals surface area (Å²) in [7, 11) is 0. The molecule has 2 aliphatic rings. The summed E-state index contributed by atoms with van der Waals surface area (Å²) in [5.41, 5.74) is 16.4. The molecule has 2 aromatic heterocycles. The molecule has 8 nitrogen and oxygen atoms in total. The Bertz CT molecular complexity index is 1490. The minimum Gasteiger partial charge on any atom is -0.459 e. The number of likely N-dealkylation sites (tertiary alicyclic amines) is 2. The molecule has 43 heavy (non-hydrogen) atoms. The van der Waals surface area contributed by atoms with Crippen molar-refractivity contribution < 1.29 is 18.4 Å². The van der Waals surface area contributed by atoms with Crippen LogP contribution in [0, 0.1) is 0 Å². The van der Waals surface area contributed by atoms with Gasteiger partial charge in [-0.3, -0.25) is 9.59 Å². The molecule has 4 heterocycles. The standard InChI is InChI=1S/C17H19BrN2O2.C17H20N2O2/c18-16-5-4-15(22-16)17(21)20-8-6-13(7-9-20)14-3-1-2-12(10-14)11-19;18-12-13-3-1-4-15(11-13)14-6-8-19(9-7-14)17(20)16-5-2-10-21-16/h1-5,10,13H,6-9,11,19H2;1-5,10-11,14H,6-9,12,18H2. The summed E-state index contributed by atoms with van der Waals surface area (Å²) in [6.07, 6.45) is 5.46. The van der Waals surface area contributed by atoms with Crippen LogP contribution in [0.2, 0.25) is 0 Å². The Labute approximate surface area is 261 Å². The maximum absolute atomic E-state index is 12.4. The number of benzene rings is 2. The number of nitrogens with zero attached hydrogens (tertiary/aromatic N) is 2. The fourth-order valence-electron chi connectivity index (χ4n) is 5.92. The Balaban J connectivity index is 0.000000171. The highest BCUT2D eigenvalue weighted by Crippen LogP contribution is 2.30. The molecule has 0 aliphatic carbocycles. The molecule has 0 spiro atoms. The predicted molar refractivity (Wildman–Crippen MR) is 170 cm³/mol. The molecule has 4 N–H and O–H groups in total. The van der Waals surface area contributed by atoms with Crippen LogP contribution in [-0.4, -0.2) is 47.8 Å². The van der Waals surface area contributed by atoms with Crippen molar-refractivity contribution in [2.45, 2.75) is 50.6 Å². The van der Waals surface area contributed by atoms with Gasteiger partial charge in [0.2, 0.25) is 0 Å². The Kier molecular flexibility index (Phi) is 10.5. The molecule has 2 saturated heterocycles. The molecule has 2 amide bonds. The first kappa shape index (κ1) is 30.8. The molecular weight excluding hydrogens is 608 g/mol. The van der Waals surface area contributed by atoms with Gasteiger partial charge in [0.15, 0.2) is 16.2 Å². The molecule has 0 radical (unpaired) electrons. The van der Waals surface area contributed by atoms with E-state index in [9.17, 15) is 9.59 Å². The molecule has 9 heteroatoms. The summed E-state index contributed by atoms with van der Waals surface area (Å²) in [5, 5.41) is 0. The van der Waals surface area contributed by atoms with Gasteiger partial charge in [-0.1, -0.05) is 48.5 Å². The van der Waals surface area contributed by atoms with Gasteiger partial charge in [0.25, 0.3) is 11.8 Å². The minimum atomic E-state index is -0.0279. The van der Waals surface area contributed by atoms with Gasteiger partial charge in [0.05, 0.1) is 6.26 Å². The topological polar surface area (TPSA) is 119 Å². The number of amides is 2. The zero-order valence-electron chi connectivity index (χ0n) is 24.3. The van der Waals surface area contributed by atoms with E-state index in [4.69, 9.17) is 20.3 Å². The van der Waals surface area contributed by atoms with Gasteiger partial charge in [-0.15, -0.1) is 0 Å². The van der Waals surface area contributed by atoms with Crippen LogP contribution in [0.1, 0.15) is 80.9 Å². The zero-order valence-corrected chi connectivity index (χ0v) is 25.9. The van der Waals surface area contributed by atoms with Crippen molar-refractivity contribution in [2.24, 2.45) is 11.5 Å². The van der Waals surface area contributed by atoms with Gasteiger partial charge in [0, 0.05) is 39.3 Å². The van der Waals surface area contributed by atoms with Crippen LogP contribution in [0.15, 0.2) is 92.6 Å². The summed E-state index contributed by atoms with van der Waals surface area (Å²) >= 11 is 3.23. The van der Waals surface area contributed by atoms with E-state index in [1.165, 1.54) is 23.0 Å². The zero-order chi connectivity index (χ0) is 30.2. The van der Waals surface area contributed by atoms with Crippen LogP contribution < -0.4 is 11.5 Å². The summed E-state index contributed by atoms with van der Waals surface area (Å²) in [5.74, 6) is 1.80. The molecule has 0 saturated carbocycles. The highest BCUT2D eigenvalue weighted by molar-refractivity contribution is 9.10. The molecule has 6 rings (SSSR count). The first-order valence-corrected chi connectivity index (χ1v) is 15.7. The lowest BCUT2D eigenvalue weighted by Gasteiger charge is -2.31. The average molecular weight is 648 g/mol. The van der Waals surface area contributed by atoms with Crippen molar-refractivity contribution in [3.63, 3.8) is 0 Å². The second kappa shape index (κ2) is 14.7. The number of hydrogen-bond acceptors (Lipinski definition) is 6. The van der Waals surface area contributed by atoms with Gasteiger partial charge in [-0.25, -0.2) is 0 Å². The van der Waals surface area contributed by atoms with Crippen molar-refractivity contribution in [3.8, 4) is 0 Å². The summed E-state index contributed by atoms with van der Waals surface area (Å²) in [4.78, 5) is 28.3. The Hall–Kier alpha value is -3.66. The quantitative estimate of drug-likeness (QED) is 0.254. The van der Waals surface area contributed by atoms with Crippen LogP contribution in [0.5, 0.6) is 0 Å². The van der Waals surface area contributed by atoms with Crippen molar-refractivity contribution >= 4 is 27.7 Å². The number of carbonyl (C=O) groups is 2. The Morgan fingerprint density at radius 1 is 0.698 bits per heavy atom. The summed E-state index contributed by atoms with van der Waals surface area (Å²) < 4.78 is 11.1. The molecule has 0 bridgehead atoms. The lowest BCUT2D eigenvalue weighted by atomic mass is 9.88. The number of halogens is 1. The van der Waals surface area contributed by atoms with E-state index in [1.807, 2.05) is 9.80 Å². The second-order valence-corrected chi connectivity index (χ2v) is 11.9. The van der Waals surface area contributed by atoms with Gasteiger partial charge in [-0.2, -0.15) is 0 Å². The lowest BCUT2D eigenvalue weighted by Crippen LogP contribution is -2.37. The van der Waals surface area contributed by atoms with Crippen molar-refractivity contribution in [3.05, 3.63) is 118 Å². The Morgan fingerprint density at radius 2 is 1.21 bits per heavy atom. The first-order chi connectivity index (χ1) is 20.9. The van der Waals surface area contributed by atoms with E-state index >= 15 is 0 Å². The van der Waals surface area contributed by atoms with Crippen LogP contribution in [0.25, 0.3) is 0 Å². The molecule has 226 valence electrons. The van der Waals surface area contributed by atoms with Gasteiger partial charge in [-0.05, 0) is 100.0 Å². The molecule has 4 aromatic rings. The highest BCUT2D eigenvalue weighted by atomic mass is 79.9. The minimum absolute atomic E-state index is 0.00541. The van der Waals surface area contributed by atoms with E-state index in [0.717, 1.165) is 57.4 Å². The Morgan fingerprint density at radius 3 is 1.63 bits per heavy atom. The predicted octanol–water partition coefficient (Wildman–Crippen LogP) is 6.28. The van der Waals surface area contributed by atoms with Crippen LogP contribution in [0.4, 0.5) is 0 Å². The molecule has 2 fully saturated rings. The lowest BCUT2D eigenvalue weighted by molar-refractivity contribution is 0.0673. The maximum atomic E-state index is 12.4. The fourth-order valence-corrected chi connectivity index (χ4v) is 6.23.